The Morgan fingerprint density at radius 3 is 2.40 bits per heavy atom. The van der Waals surface area contributed by atoms with Gasteiger partial charge in [0.1, 0.15) is 6.04 Å². The molecule has 0 bridgehead atoms. The van der Waals surface area contributed by atoms with Crippen LogP contribution in [0.3, 0.4) is 0 Å². The average Bonchev–Trinajstić information content (AvgIpc) is 3.17. The number of benzene rings is 1. The zero-order valence-corrected chi connectivity index (χ0v) is 20.8. The number of carboxylic acid groups (broad SMARTS) is 1. The van der Waals surface area contributed by atoms with E-state index in [9.17, 15) is 23.1 Å². The van der Waals surface area contributed by atoms with Gasteiger partial charge in [-0.25, -0.2) is 4.98 Å². The van der Waals surface area contributed by atoms with Crippen molar-refractivity contribution < 1.29 is 32.5 Å². The molecule has 1 saturated heterocycles. The third kappa shape index (κ3) is 5.78. The number of pyridine rings is 1. The fraction of sp³-hybridized carbons (Fsp3) is 0.538. The van der Waals surface area contributed by atoms with Crippen LogP contribution in [0, 0.1) is 11.3 Å². The first-order valence-corrected chi connectivity index (χ1v) is 11.5. The summed E-state index contributed by atoms with van der Waals surface area (Å²) in [7, 11) is 1.33. The number of hydrogen-bond donors (Lipinski definition) is 2. The predicted molar refractivity (Wildman–Crippen MR) is 125 cm³/mol. The molecule has 6 nitrogen and oxygen atoms in total. The third-order valence-corrected chi connectivity index (χ3v) is 6.50. The molecule has 2 heterocycles. The van der Waals surface area contributed by atoms with E-state index in [0.29, 0.717) is 0 Å². The zero-order chi connectivity index (χ0) is 26.1. The van der Waals surface area contributed by atoms with Gasteiger partial charge in [0, 0.05) is 17.7 Å². The maximum Gasteiger partial charge on any atom is 0.417 e. The van der Waals surface area contributed by atoms with Crippen LogP contribution in [0.15, 0.2) is 36.5 Å². The van der Waals surface area contributed by atoms with Gasteiger partial charge in [-0.2, -0.15) is 13.2 Å². The minimum Gasteiger partial charge on any atom is -0.481 e. The normalized spacial score (nSPS) is 23.0. The van der Waals surface area contributed by atoms with Crippen molar-refractivity contribution in [2.24, 2.45) is 11.3 Å². The summed E-state index contributed by atoms with van der Waals surface area (Å²) in [5, 5.41) is 13.3. The largest absolute Gasteiger partial charge is 0.481 e. The SMILES string of the molecule is COc1ncc(C(F)(F)F)cc1COC1C(c2ccccc2C(C)C)NC(C(=O)O)C1C(C)(C)C. The summed E-state index contributed by atoms with van der Waals surface area (Å²) in [6, 6.07) is 7.36. The van der Waals surface area contributed by atoms with Crippen molar-refractivity contribution in [3.63, 3.8) is 0 Å². The van der Waals surface area contributed by atoms with Crippen molar-refractivity contribution in [2.75, 3.05) is 7.11 Å². The van der Waals surface area contributed by atoms with E-state index in [0.717, 1.165) is 23.4 Å². The number of nitrogens with one attached hydrogen (secondary N) is 1. The van der Waals surface area contributed by atoms with E-state index in [1.54, 1.807) is 0 Å². The molecule has 0 amide bonds. The molecule has 2 aromatic rings. The van der Waals surface area contributed by atoms with Crippen LogP contribution < -0.4 is 10.1 Å². The number of hydrogen-bond acceptors (Lipinski definition) is 5. The van der Waals surface area contributed by atoms with Crippen molar-refractivity contribution in [1.29, 1.82) is 0 Å². The lowest BCUT2D eigenvalue weighted by atomic mass is 9.73. The fourth-order valence-corrected chi connectivity index (χ4v) is 4.92. The Hall–Kier alpha value is -2.65. The zero-order valence-electron chi connectivity index (χ0n) is 20.8. The molecular weight excluding hydrogens is 461 g/mol. The third-order valence-electron chi connectivity index (χ3n) is 6.50. The summed E-state index contributed by atoms with van der Waals surface area (Å²) in [5.41, 5.74) is 0.733. The van der Waals surface area contributed by atoms with Gasteiger partial charge in [-0.05, 0) is 28.5 Å². The smallest absolute Gasteiger partial charge is 0.417 e. The number of carboxylic acids is 1. The van der Waals surface area contributed by atoms with Crippen LogP contribution in [0.4, 0.5) is 13.2 Å². The summed E-state index contributed by atoms with van der Waals surface area (Å²) in [6.07, 6.45) is -4.47. The quantitative estimate of drug-likeness (QED) is 0.523. The Morgan fingerprint density at radius 2 is 1.86 bits per heavy atom. The highest BCUT2D eigenvalue weighted by Gasteiger charge is 2.52. The van der Waals surface area contributed by atoms with Crippen LogP contribution in [0.2, 0.25) is 0 Å². The van der Waals surface area contributed by atoms with Gasteiger partial charge in [-0.1, -0.05) is 58.9 Å². The van der Waals surface area contributed by atoms with Gasteiger partial charge >= 0.3 is 12.1 Å². The summed E-state index contributed by atoms with van der Waals surface area (Å²) < 4.78 is 51.4. The second-order valence-corrected chi connectivity index (χ2v) is 10.3. The molecule has 192 valence electrons. The van der Waals surface area contributed by atoms with Crippen LogP contribution in [0.5, 0.6) is 5.88 Å². The number of rotatable bonds is 7. The highest BCUT2D eigenvalue weighted by molar-refractivity contribution is 5.75. The van der Waals surface area contributed by atoms with E-state index in [4.69, 9.17) is 9.47 Å². The van der Waals surface area contributed by atoms with E-state index in [1.807, 2.05) is 45.0 Å². The molecule has 4 atom stereocenters. The monoisotopic (exact) mass is 494 g/mol. The minimum atomic E-state index is -4.57. The lowest BCUT2D eigenvalue weighted by Gasteiger charge is -2.35. The number of carbonyl (C=O) groups is 1. The standard InChI is InChI=1S/C26H33F3N2O4/c1-14(2)17-9-7-8-10-18(17)20-22(19(25(3,4)5)21(31-20)24(32)33)35-13-15-11-16(26(27,28)29)12-30-23(15)34-6/h7-12,14,19-22,31H,13H2,1-6H3,(H,32,33). The molecule has 1 aliphatic heterocycles. The maximum atomic E-state index is 13.3. The summed E-state index contributed by atoms with van der Waals surface area (Å²) in [5.74, 6) is -1.25. The van der Waals surface area contributed by atoms with Crippen LogP contribution in [0.25, 0.3) is 0 Å². The lowest BCUT2D eigenvalue weighted by molar-refractivity contribution is -0.142. The van der Waals surface area contributed by atoms with Crippen molar-refractivity contribution in [3.8, 4) is 5.88 Å². The Kier molecular flexibility index (Phi) is 7.81. The van der Waals surface area contributed by atoms with Gasteiger partial charge in [-0.15, -0.1) is 0 Å². The number of halogens is 3. The maximum absolute atomic E-state index is 13.3. The molecule has 1 fully saturated rings. The van der Waals surface area contributed by atoms with Crippen LogP contribution in [0.1, 0.15) is 68.8 Å². The average molecular weight is 495 g/mol. The Labute approximate surface area is 203 Å². The van der Waals surface area contributed by atoms with Crippen molar-refractivity contribution in [3.05, 3.63) is 58.8 Å². The van der Waals surface area contributed by atoms with Gasteiger partial charge in [0.15, 0.2) is 0 Å². The number of alkyl halides is 3. The molecule has 0 saturated carbocycles. The number of aliphatic carboxylic acids is 1. The molecule has 1 aromatic carbocycles. The highest BCUT2D eigenvalue weighted by atomic mass is 19.4. The van der Waals surface area contributed by atoms with Crippen molar-refractivity contribution in [1.82, 2.24) is 10.3 Å². The number of methoxy groups -OCH3 is 1. The Morgan fingerprint density at radius 1 is 1.20 bits per heavy atom. The fourth-order valence-electron chi connectivity index (χ4n) is 4.92. The van der Waals surface area contributed by atoms with Crippen molar-refractivity contribution in [2.45, 2.75) is 71.5 Å². The van der Waals surface area contributed by atoms with Crippen LogP contribution in [-0.4, -0.2) is 35.3 Å². The molecule has 2 N–H and O–H groups in total. The topological polar surface area (TPSA) is 80.7 Å². The Balaban J connectivity index is 2.05. The molecule has 35 heavy (non-hydrogen) atoms. The first kappa shape index (κ1) is 26.9. The molecule has 0 spiro atoms. The van der Waals surface area contributed by atoms with E-state index in [1.165, 1.54) is 7.11 Å². The lowest BCUT2D eigenvalue weighted by Crippen LogP contribution is -2.43. The van der Waals surface area contributed by atoms with E-state index in [2.05, 4.69) is 24.1 Å². The molecular formula is C26H33F3N2O4. The first-order valence-electron chi connectivity index (χ1n) is 11.5. The van der Waals surface area contributed by atoms with E-state index < -0.39 is 47.2 Å². The van der Waals surface area contributed by atoms with Gasteiger partial charge < -0.3 is 14.6 Å². The molecule has 9 heteroatoms. The van der Waals surface area contributed by atoms with E-state index >= 15 is 0 Å². The molecule has 0 radical (unpaired) electrons. The number of aromatic nitrogens is 1. The van der Waals surface area contributed by atoms with Gasteiger partial charge in [0.25, 0.3) is 0 Å². The molecule has 1 aromatic heterocycles. The predicted octanol–water partition coefficient (Wildman–Crippen LogP) is 5.58. The van der Waals surface area contributed by atoms with Gasteiger partial charge in [-0.3, -0.25) is 10.1 Å². The summed E-state index contributed by atoms with van der Waals surface area (Å²) in [6.45, 7) is 9.71. The first-order chi connectivity index (χ1) is 16.3. The van der Waals surface area contributed by atoms with Crippen molar-refractivity contribution >= 4 is 5.97 Å². The Bertz CT molecular complexity index is 1050. The van der Waals surface area contributed by atoms with Crippen LogP contribution in [-0.2, 0) is 22.3 Å². The molecule has 1 aliphatic rings. The molecule has 0 aliphatic carbocycles. The van der Waals surface area contributed by atoms with Crippen LogP contribution >= 0.6 is 0 Å². The summed E-state index contributed by atoms with van der Waals surface area (Å²) in [4.78, 5) is 16.1. The molecule has 3 rings (SSSR count). The summed E-state index contributed by atoms with van der Waals surface area (Å²) >= 11 is 0. The second kappa shape index (κ2) is 10.1. The van der Waals surface area contributed by atoms with E-state index in [-0.39, 0.29) is 24.0 Å². The van der Waals surface area contributed by atoms with Gasteiger partial charge in [0.05, 0.1) is 31.4 Å². The minimum absolute atomic E-state index is 0.0326. The van der Waals surface area contributed by atoms with Gasteiger partial charge in [0.2, 0.25) is 5.88 Å². The highest BCUT2D eigenvalue weighted by Crippen LogP contribution is 2.45. The number of ether oxygens (including phenoxy) is 2. The molecule has 4 unspecified atom stereocenters. The number of nitrogens with zero attached hydrogens (tertiary/aromatic N) is 1. The second-order valence-electron chi connectivity index (χ2n) is 10.3.